The Balaban J connectivity index is 2.03. The van der Waals surface area contributed by atoms with Crippen LogP contribution in [0.4, 0.5) is 18.3 Å². The highest BCUT2D eigenvalue weighted by Gasteiger charge is 2.30. The lowest BCUT2D eigenvalue weighted by Crippen LogP contribution is -2.07. The van der Waals surface area contributed by atoms with Crippen molar-refractivity contribution in [2.45, 2.75) is 19.3 Å². The second kappa shape index (κ2) is 5.58. The Labute approximate surface area is 112 Å². The van der Waals surface area contributed by atoms with Crippen molar-refractivity contribution in [2.75, 3.05) is 5.32 Å². The van der Waals surface area contributed by atoms with Crippen LogP contribution in [0.2, 0.25) is 0 Å². The first-order chi connectivity index (χ1) is 8.99. The van der Waals surface area contributed by atoms with E-state index in [4.69, 9.17) is 5.73 Å². The molecule has 0 aliphatic heterocycles. The lowest BCUT2D eigenvalue weighted by Gasteiger charge is -2.09. The van der Waals surface area contributed by atoms with E-state index in [0.29, 0.717) is 23.8 Å². The zero-order valence-corrected chi connectivity index (χ0v) is 10.7. The average Bonchev–Trinajstić information content (AvgIpc) is 2.84. The Morgan fingerprint density at radius 1 is 1.32 bits per heavy atom. The number of nitrogens with one attached hydrogen (secondary N) is 1. The van der Waals surface area contributed by atoms with E-state index in [-0.39, 0.29) is 0 Å². The van der Waals surface area contributed by atoms with E-state index >= 15 is 0 Å². The van der Waals surface area contributed by atoms with Gasteiger partial charge in [-0.25, -0.2) is 4.98 Å². The summed E-state index contributed by atoms with van der Waals surface area (Å²) < 4.78 is 37.6. The Morgan fingerprint density at radius 3 is 2.74 bits per heavy atom. The number of nitrogens with two attached hydrogens (primary N) is 1. The Morgan fingerprint density at radius 2 is 2.11 bits per heavy atom. The maximum Gasteiger partial charge on any atom is 0.416 e. The van der Waals surface area contributed by atoms with E-state index in [1.165, 1.54) is 17.4 Å². The summed E-state index contributed by atoms with van der Waals surface area (Å²) in [5, 5.41) is 5.44. The Kier molecular flexibility index (Phi) is 4.06. The topological polar surface area (TPSA) is 50.9 Å². The molecule has 0 atom stereocenters. The smallest absolute Gasteiger partial charge is 0.357 e. The van der Waals surface area contributed by atoms with E-state index < -0.39 is 11.7 Å². The van der Waals surface area contributed by atoms with E-state index in [0.717, 1.165) is 17.8 Å². The third kappa shape index (κ3) is 3.68. The van der Waals surface area contributed by atoms with Gasteiger partial charge in [0.2, 0.25) is 0 Å². The molecule has 1 aromatic heterocycles. The van der Waals surface area contributed by atoms with Gasteiger partial charge in [-0.1, -0.05) is 12.1 Å². The standard InChI is InChI=1S/C12H12F3N3S/c13-12(14,15)9-3-1-2-8(4-9)6-17-11-18-10(5-16)7-19-11/h1-4,7H,5-6,16H2,(H,17,18). The number of hydrogen-bond acceptors (Lipinski definition) is 4. The van der Waals surface area contributed by atoms with Gasteiger partial charge in [0.05, 0.1) is 11.3 Å². The number of hydrogen-bond donors (Lipinski definition) is 2. The molecule has 3 nitrogen and oxygen atoms in total. The molecule has 1 heterocycles. The monoisotopic (exact) mass is 287 g/mol. The first-order valence-electron chi connectivity index (χ1n) is 5.53. The summed E-state index contributed by atoms with van der Waals surface area (Å²) in [6.07, 6.45) is -4.32. The van der Waals surface area contributed by atoms with Gasteiger partial charge in [-0.15, -0.1) is 11.3 Å². The van der Waals surface area contributed by atoms with Crippen molar-refractivity contribution in [1.29, 1.82) is 0 Å². The van der Waals surface area contributed by atoms with Crippen LogP contribution in [-0.4, -0.2) is 4.98 Å². The van der Waals surface area contributed by atoms with Crippen molar-refractivity contribution in [2.24, 2.45) is 5.73 Å². The summed E-state index contributed by atoms with van der Waals surface area (Å²) >= 11 is 1.38. The molecule has 0 aliphatic carbocycles. The summed E-state index contributed by atoms with van der Waals surface area (Å²) in [4.78, 5) is 4.18. The largest absolute Gasteiger partial charge is 0.416 e. The molecule has 0 aliphatic rings. The van der Waals surface area contributed by atoms with Crippen molar-refractivity contribution < 1.29 is 13.2 Å². The molecule has 0 amide bonds. The second-order valence-corrected chi connectivity index (χ2v) is 4.76. The number of alkyl halides is 3. The summed E-state index contributed by atoms with van der Waals surface area (Å²) in [5.41, 5.74) is 6.10. The molecule has 19 heavy (non-hydrogen) atoms. The number of thiazole rings is 1. The predicted octanol–water partition coefficient (Wildman–Crippen LogP) is 3.23. The van der Waals surface area contributed by atoms with Crippen molar-refractivity contribution in [3.05, 3.63) is 46.5 Å². The minimum absolute atomic E-state index is 0.293. The molecular weight excluding hydrogens is 275 g/mol. The third-order valence-corrected chi connectivity index (χ3v) is 3.31. The zero-order valence-electron chi connectivity index (χ0n) is 9.87. The second-order valence-electron chi connectivity index (χ2n) is 3.90. The number of anilines is 1. The molecule has 7 heteroatoms. The molecule has 1 aromatic carbocycles. The molecular formula is C12H12F3N3S. The van der Waals surface area contributed by atoms with E-state index in [1.807, 2.05) is 5.38 Å². The Hall–Kier alpha value is -1.60. The average molecular weight is 287 g/mol. The summed E-state index contributed by atoms with van der Waals surface area (Å²) in [7, 11) is 0. The van der Waals surface area contributed by atoms with Gasteiger partial charge in [0.1, 0.15) is 0 Å². The summed E-state index contributed by atoms with van der Waals surface area (Å²) in [6.45, 7) is 0.642. The van der Waals surface area contributed by atoms with Crippen molar-refractivity contribution in [3.63, 3.8) is 0 Å². The molecule has 0 saturated heterocycles. The molecule has 0 radical (unpaired) electrons. The highest BCUT2D eigenvalue weighted by Crippen LogP contribution is 2.29. The number of aromatic nitrogens is 1. The van der Waals surface area contributed by atoms with Crippen molar-refractivity contribution >= 4 is 16.5 Å². The van der Waals surface area contributed by atoms with Crippen LogP contribution in [0.3, 0.4) is 0 Å². The van der Waals surface area contributed by atoms with Crippen LogP contribution in [0, 0.1) is 0 Å². The molecule has 0 spiro atoms. The minimum Gasteiger partial charge on any atom is -0.357 e. The molecule has 102 valence electrons. The molecule has 0 bridgehead atoms. The number of benzene rings is 1. The van der Waals surface area contributed by atoms with Gasteiger partial charge in [0.15, 0.2) is 5.13 Å². The zero-order chi connectivity index (χ0) is 13.9. The van der Waals surface area contributed by atoms with Crippen LogP contribution in [0.5, 0.6) is 0 Å². The van der Waals surface area contributed by atoms with Crippen molar-refractivity contribution in [3.8, 4) is 0 Å². The summed E-state index contributed by atoms with van der Waals surface area (Å²) in [6, 6.07) is 5.22. The van der Waals surface area contributed by atoms with Gasteiger partial charge >= 0.3 is 6.18 Å². The van der Waals surface area contributed by atoms with Crippen LogP contribution in [0.25, 0.3) is 0 Å². The van der Waals surface area contributed by atoms with Gasteiger partial charge < -0.3 is 11.1 Å². The quantitative estimate of drug-likeness (QED) is 0.907. The first-order valence-corrected chi connectivity index (χ1v) is 6.41. The lowest BCUT2D eigenvalue weighted by molar-refractivity contribution is -0.137. The lowest BCUT2D eigenvalue weighted by atomic mass is 10.1. The summed E-state index contributed by atoms with van der Waals surface area (Å²) in [5.74, 6) is 0. The van der Waals surface area contributed by atoms with Crippen LogP contribution in [0.1, 0.15) is 16.8 Å². The number of halogens is 3. The third-order valence-electron chi connectivity index (χ3n) is 2.46. The van der Waals surface area contributed by atoms with E-state index in [1.54, 1.807) is 6.07 Å². The van der Waals surface area contributed by atoms with E-state index in [9.17, 15) is 13.2 Å². The van der Waals surface area contributed by atoms with E-state index in [2.05, 4.69) is 10.3 Å². The molecule has 0 fully saturated rings. The molecule has 2 aromatic rings. The highest BCUT2D eigenvalue weighted by molar-refractivity contribution is 7.13. The fourth-order valence-corrected chi connectivity index (χ4v) is 2.24. The van der Waals surface area contributed by atoms with Gasteiger partial charge in [-0.2, -0.15) is 13.2 Å². The fraction of sp³-hybridized carbons (Fsp3) is 0.250. The predicted molar refractivity (Wildman–Crippen MR) is 68.8 cm³/mol. The van der Waals surface area contributed by atoms with Crippen LogP contribution >= 0.6 is 11.3 Å². The normalized spacial score (nSPS) is 11.6. The molecule has 2 rings (SSSR count). The van der Waals surface area contributed by atoms with Crippen LogP contribution in [0.15, 0.2) is 29.6 Å². The van der Waals surface area contributed by atoms with Crippen LogP contribution < -0.4 is 11.1 Å². The maximum atomic E-state index is 12.5. The molecule has 0 saturated carbocycles. The maximum absolute atomic E-state index is 12.5. The first kappa shape index (κ1) is 13.8. The van der Waals surface area contributed by atoms with Gasteiger partial charge in [0, 0.05) is 18.5 Å². The van der Waals surface area contributed by atoms with Gasteiger partial charge in [-0.3, -0.25) is 0 Å². The van der Waals surface area contributed by atoms with Crippen molar-refractivity contribution in [1.82, 2.24) is 4.98 Å². The highest BCUT2D eigenvalue weighted by atomic mass is 32.1. The molecule has 0 unspecified atom stereocenters. The van der Waals surface area contributed by atoms with Gasteiger partial charge in [0.25, 0.3) is 0 Å². The van der Waals surface area contributed by atoms with Crippen LogP contribution in [-0.2, 0) is 19.3 Å². The SMILES string of the molecule is NCc1csc(NCc2cccc(C(F)(F)F)c2)n1. The minimum atomic E-state index is -4.32. The van der Waals surface area contributed by atoms with Gasteiger partial charge in [-0.05, 0) is 17.7 Å². The number of rotatable bonds is 4. The fourth-order valence-electron chi connectivity index (χ4n) is 1.52. The Bertz CT molecular complexity index is 551. The number of nitrogens with zero attached hydrogens (tertiary/aromatic N) is 1. The molecule has 3 N–H and O–H groups in total.